The zero-order valence-electron chi connectivity index (χ0n) is 9.32. The van der Waals surface area contributed by atoms with Gasteiger partial charge in [0.05, 0.1) is 0 Å². The van der Waals surface area contributed by atoms with E-state index in [1.54, 1.807) is 0 Å². The fourth-order valence-corrected chi connectivity index (χ4v) is 2.12. The van der Waals surface area contributed by atoms with E-state index in [-0.39, 0.29) is 6.61 Å². The normalized spacial score (nSPS) is 17.4. The van der Waals surface area contributed by atoms with Crippen molar-refractivity contribution in [1.82, 2.24) is 5.32 Å². The predicted molar refractivity (Wildman–Crippen MR) is 66.5 cm³/mol. The van der Waals surface area contributed by atoms with E-state index in [0.717, 1.165) is 23.9 Å². The third kappa shape index (κ3) is 3.48. The largest absolute Gasteiger partial charge is 0.396 e. The van der Waals surface area contributed by atoms with Gasteiger partial charge in [-0.3, -0.25) is 0 Å². The first-order chi connectivity index (χ1) is 7.79. The Morgan fingerprint density at radius 3 is 2.56 bits per heavy atom. The quantitative estimate of drug-likeness (QED) is 0.800. The average molecular weight is 240 g/mol. The molecule has 2 rings (SSSR count). The monoisotopic (exact) mass is 239 g/mol. The number of halogens is 1. The Labute approximate surface area is 102 Å². The Morgan fingerprint density at radius 1 is 1.31 bits per heavy atom. The van der Waals surface area contributed by atoms with E-state index >= 15 is 0 Å². The molecule has 0 spiro atoms. The van der Waals surface area contributed by atoms with Gasteiger partial charge < -0.3 is 10.4 Å². The fourth-order valence-electron chi connectivity index (χ4n) is 1.99. The molecule has 1 aliphatic rings. The van der Waals surface area contributed by atoms with E-state index in [1.165, 1.54) is 18.4 Å². The molecule has 1 unspecified atom stereocenters. The summed E-state index contributed by atoms with van der Waals surface area (Å²) in [6, 6.07) is 8.38. The molecule has 0 bridgehead atoms. The molecule has 3 heteroatoms. The van der Waals surface area contributed by atoms with E-state index in [9.17, 15) is 0 Å². The molecule has 0 heterocycles. The van der Waals surface area contributed by atoms with Gasteiger partial charge in [-0.2, -0.15) is 0 Å². The average Bonchev–Trinajstić information content (AvgIpc) is 3.10. The molecule has 1 fully saturated rings. The van der Waals surface area contributed by atoms with Gasteiger partial charge >= 0.3 is 0 Å². The van der Waals surface area contributed by atoms with Crippen molar-refractivity contribution in [3.05, 3.63) is 34.9 Å². The smallest absolute Gasteiger partial charge is 0.0445 e. The zero-order chi connectivity index (χ0) is 11.4. The second kappa shape index (κ2) is 5.67. The fraction of sp³-hybridized carbons (Fsp3) is 0.538. The van der Waals surface area contributed by atoms with Gasteiger partial charge in [0.25, 0.3) is 0 Å². The summed E-state index contributed by atoms with van der Waals surface area (Å²) in [7, 11) is 0. The number of aliphatic hydroxyl groups excluding tert-OH is 1. The summed E-state index contributed by atoms with van der Waals surface area (Å²) >= 11 is 5.83. The topological polar surface area (TPSA) is 32.3 Å². The lowest BCUT2D eigenvalue weighted by Gasteiger charge is -2.17. The molecule has 0 radical (unpaired) electrons. The van der Waals surface area contributed by atoms with E-state index in [0.29, 0.717) is 6.04 Å². The van der Waals surface area contributed by atoms with Crippen LogP contribution >= 0.6 is 11.6 Å². The summed E-state index contributed by atoms with van der Waals surface area (Å²) in [5.41, 5.74) is 1.24. The van der Waals surface area contributed by atoms with Crippen molar-refractivity contribution in [3.8, 4) is 0 Å². The van der Waals surface area contributed by atoms with Gasteiger partial charge in [0.2, 0.25) is 0 Å². The van der Waals surface area contributed by atoms with Gasteiger partial charge in [0, 0.05) is 24.2 Å². The van der Waals surface area contributed by atoms with Crippen molar-refractivity contribution in [2.75, 3.05) is 6.61 Å². The first-order valence-electron chi connectivity index (χ1n) is 5.88. The van der Waals surface area contributed by atoms with Gasteiger partial charge in [-0.05, 0) is 42.9 Å². The number of nitrogens with one attached hydrogen (secondary N) is 1. The Kier molecular flexibility index (Phi) is 4.22. The maximum atomic E-state index is 8.99. The van der Waals surface area contributed by atoms with Crippen molar-refractivity contribution in [2.45, 2.75) is 31.8 Å². The highest BCUT2D eigenvalue weighted by atomic mass is 35.5. The lowest BCUT2D eigenvalue weighted by atomic mass is 10.1. The number of aliphatic hydroxyl groups is 1. The van der Waals surface area contributed by atoms with Crippen molar-refractivity contribution in [3.63, 3.8) is 0 Å². The molecule has 1 aromatic carbocycles. The highest BCUT2D eigenvalue weighted by Gasteiger charge is 2.30. The minimum atomic E-state index is 0.273. The van der Waals surface area contributed by atoms with E-state index in [2.05, 4.69) is 5.32 Å². The van der Waals surface area contributed by atoms with Crippen molar-refractivity contribution in [2.24, 2.45) is 5.92 Å². The molecular formula is C13H18ClNO. The number of benzene rings is 1. The molecule has 0 aromatic heterocycles. The molecule has 1 atom stereocenters. The Bertz CT molecular complexity index is 321. The number of hydrogen-bond acceptors (Lipinski definition) is 2. The van der Waals surface area contributed by atoms with Crippen LogP contribution < -0.4 is 5.32 Å². The van der Waals surface area contributed by atoms with Crippen LogP contribution in [0.3, 0.4) is 0 Å². The molecule has 88 valence electrons. The van der Waals surface area contributed by atoms with Gasteiger partial charge in [-0.15, -0.1) is 0 Å². The first kappa shape index (κ1) is 11.9. The molecule has 16 heavy (non-hydrogen) atoms. The summed E-state index contributed by atoms with van der Waals surface area (Å²) in [6.45, 7) is 1.13. The van der Waals surface area contributed by atoms with Crippen molar-refractivity contribution >= 4 is 11.6 Å². The highest BCUT2D eigenvalue weighted by Crippen LogP contribution is 2.34. The number of rotatable bonds is 6. The molecular weight excluding hydrogens is 222 g/mol. The van der Waals surface area contributed by atoms with Crippen LogP contribution in [0.1, 0.15) is 24.8 Å². The van der Waals surface area contributed by atoms with E-state index < -0.39 is 0 Å². The molecule has 2 N–H and O–H groups in total. The van der Waals surface area contributed by atoms with Crippen molar-refractivity contribution < 1.29 is 5.11 Å². The van der Waals surface area contributed by atoms with Gasteiger partial charge in [-0.25, -0.2) is 0 Å². The maximum absolute atomic E-state index is 8.99. The summed E-state index contributed by atoms with van der Waals surface area (Å²) < 4.78 is 0. The minimum absolute atomic E-state index is 0.273. The van der Waals surface area contributed by atoms with Crippen LogP contribution in [0.2, 0.25) is 5.02 Å². The lowest BCUT2D eigenvalue weighted by molar-refractivity contribution is 0.256. The maximum Gasteiger partial charge on any atom is 0.0445 e. The van der Waals surface area contributed by atoms with Gasteiger partial charge in [-0.1, -0.05) is 23.7 Å². The minimum Gasteiger partial charge on any atom is -0.396 e. The Hall–Kier alpha value is -0.570. The molecule has 0 saturated heterocycles. The first-order valence-corrected chi connectivity index (χ1v) is 6.26. The lowest BCUT2D eigenvalue weighted by Crippen LogP contribution is -2.31. The van der Waals surface area contributed by atoms with Crippen LogP contribution in [0.15, 0.2) is 24.3 Å². The molecule has 1 aliphatic carbocycles. The zero-order valence-corrected chi connectivity index (χ0v) is 10.1. The van der Waals surface area contributed by atoms with Gasteiger partial charge in [0.15, 0.2) is 0 Å². The highest BCUT2D eigenvalue weighted by molar-refractivity contribution is 6.30. The second-order valence-electron chi connectivity index (χ2n) is 4.46. The van der Waals surface area contributed by atoms with Gasteiger partial charge in [0.1, 0.15) is 0 Å². The van der Waals surface area contributed by atoms with Crippen LogP contribution in [0, 0.1) is 5.92 Å². The van der Waals surface area contributed by atoms with Crippen LogP contribution in [-0.2, 0) is 6.54 Å². The predicted octanol–water partition coefficient (Wildman–Crippen LogP) is 2.59. The summed E-state index contributed by atoms with van der Waals surface area (Å²) in [6.07, 6.45) is 3.47. The Morgan fingerprint density at radius 2 is 2.00 bits per heavy atom. The Balaban J connectivity index is 1.82. The third-order valence-corrected chi connectivity index (χ3v) is 3.36. The van der Waals surface area contributed by atoms with Crippen LogP contribution in [0.25, 0.3) is 0 Å². The summed E-state index contributed by atoms with van der Waals surface area (Å²) in [5.74, 6) is 0.777. The second-order valence-corrected chi connectivity index (χ2v) is 4.90. The third-order valence-electron chi connectivity index (χ3n) is 3.11. The molecule has 0 aliphatic heterocycles. The SMILES string of the molecule is OCCC(NCc1ccc(Cl)cc1)C1CC1. The standard InChI is InChI=1S/C13H18ClNO/c14-12-5-1-10(2-6-12)9-15-13(7-8-16)11-3-4-11/h1-2,5-6,11,13,15-16H,3-4,7-9H2. The van der Waals surface area contributed by atoms with E-state index in [4.69, 9.17) is 16.7 Å². The summed E-state index contributed by atoms with van der Waals surface area (Å²) in [5, 5.41) is 13.3. The van der Waals surface area contributed by atoms with Crippen LogP contribution in [-0.4, -0.2) is 17.8 Å². The van der Waals surface area contributed by atoms with Crippen LogP contribution in [0.4, 0.5) is 0 Å². The molecule has 1 saturated carbocycles. The van der Waals surface area contributed by atoms with Crippen LogP contribution in [0.5, 0.6) is 0 Å². The number of hydrogen-bond donors (Lipinski definition) is 2. The molecule has 2 nitrogen and oxygen atoms in total. The van der Waals surface area contributed by atoms with Crippen molar-refractivity contribution in [1.29, 1.82) is 0 Å². The molecule has 1 aromatic rings. The van der Waals surface area contributed by atoms with E-state index in [1.807, 2.05) is 24.3 Å². The molecule has 0 amide bonds. The summed E-state index contributed by atoms with van der Waals surface area (Å²) in [4.78, 5) is 0.